The number of carbonyl (C=O) groups excluding carboxylic acids is 1. The molecule has 0 unspecified atom stereocenters. The molecule has 1 N–H and O–H groups in total. The van der Waals surface area contributed by atoms with E-state index in [1.165, 1.54) is 0 Å². The van der Waals surface area contributed by atoms with Crippen molar-refractivity contribution in [1.82, 2.24) is 9.88 Å². The number of benzene rings is 2. The molecule has 0 fully saturated rings. The lowest BCUT2D eigenvalue weighted by Gasteiger charge is -2.09. The Morgan fingerprint density at radius 1 is 1.15 bits per heavy atom. The molecule has 0 atom stereocenters. The zero-order valence-electron chi connectivity index (χ0n) is 15.4. The van der Waals surface area contributed by atoms with Crippen molar-refractivity contribution in [1.29, 1.82) is 5.26 Å². The first-order chi connectivity index (χ1) is 13.2. The highest BCUT2D eigenvalue weighted by Crippen LogP contribution is 2.25. The number of nitriles is 1. The minimum absolute atomic E-state index is 0.0185. The third-order valence-corrected chi connectivity index (χ3v) is 4.44. The predicted octanol–water partition coefficient (Wildman–Crippen LogP) is 3.77. The monoisotopic (exact) mass is 361 g/mol. The number of nitrogens with one attached hydrogen (secondary N) is 1. The number of carbonyl (C=O) groups is 1. The molecular formula is C22H23N3O2. The van der Waals surface area contributed by atoms with E-state index in [-0.39, 0.29) is 5.78 Å². The molecule has 1 aromatic heterocycles. The van der Waals surface area contributed by atoms with Crippen LogP contribution in [-0.2, 0) is 6.54 Å². The Morgan fingerprint density at radius 2 is 1.96 bits per heavy atom. The summed E-state index contributed by atoms with van der Waals surface area (Å²) in [5, 5.41) is 13.6. The first-order valence-corrected chi connectivity index (χ1v) is 9.12. The van der Waals surface area contributed by atoms with Gasteiger partial charge in [-0.3, -0.25) is 4.79 Å². The van der Waals surface area contributed by atoms with Gasteiger partial charge >= 0.3 is 0 Å². The SMILES string of the molecule is CC(=O)c1cn(CCCNCCOc2ccccc2)c2c(C#N)cccc12. The number of hydrogen-bond donors (Lipinski definition) is 1. The Hall–Kier alpha value is -3.10. The summed E-state index contributed by atoms with van der Waals surface area (Å²) < 4.78 is 7.67. The summed E-state index contributed by atoms with van der Waals surface area (Å²) in [4.78, 5) is 11.9. The van der Waals surface area contributed by atoms with Crippen LogP contribution >= 0.6 is 0 Å². The van der Waals surface area contributed by atoms with Crippen molar-refractivity contribution >= 4 is 16.7 Å². The van der Waals surface area contributed by atoms with E-state index in [2.05, 4.69) is 11.4 Å². The van der Waals surface area contributed by atoms with Crippen LogP contribution in [0.15, 0.2) is 54.7 Å². The highest BCUT2D eigenvalue weighted by atomic mass is 16.5. The summed E-state index contributed by atoms with van der Waals surface area (Å²) in [6, 6.07) is 17.5. The predicted molar refractivity (Wildman–Crippen MR) is 106 cm³/mol. The van der Waals surface area contributed by atoms with Gasteiger partial charge in [0.2, 0.25) is 0 Å². The van der Waals surface area contributed by atoms with Crippen molar-refractivity contribution in [3.8, 4) is 11.8 Å². The fourth-order valence-corrected chi connectivity index (χ4v) is 3.16. The van der Waals surface area contributed by atoms with E-state index in [1.54, 1.807) is 13.0 Å². The number of aryl methyl sites for hydroxylation is 1. The van der Waals surface area contributed by atoms with Crippen LogP contribution in [-0.4, -0.2) is 30.0 Å². The van der Waals surface area contributed by atoms with Gasteiger partial charge in [0.1, 0.15) is 18.4 Å². The van der Waals surface area contributed by atoms with Crippen LogP contribution in [0.4, 0.5) is 0 Å². The number of ether oxygens (including phenoxy) is 1. The Balaban J connectivity index is 1.53. The Bertz CT molecular complexity index is 955. The molecule has 0 amide bonds. The number of ketones is 1. The van der Waals surface area contributed by atoms with Crippen LogP contribution in [0.2, 0.25) is 0 Å². The van der Waals surface area contributed by atoms with Gasteiger partial charge in [-0.05, 0) is 38.1 Å². The smallest absolute Gasteiger partial charge is 0.161 e. The fraction of sp³-hybridized carbons (Fsp3) is 0.273. The minimum atomic E-state index is 0.0185. The highest BCUT2D eigenvalue weighted by molar-refractivity contribution is 6.08. The minimum Gasteiger partial charge on any atom is -0.492 e. The third kappa shape index (κ3) is 4.55. The molecule has 0 radical (unpaired) electrons. The van der Waals surface area contributed by atoms with Crippen molar-refractivity contribution in [3.63, 3.8) is 0 Å². The summed E-state index contributed by atoms with van der Waals surface area (Å²) in [7, 11) is 0. The Labute approximate surface area is 159 Å². The van der Waals surface area contributed by atoms with E-state index >= 15 is 0 Å². The maximum Gasteiger partial charge on any atom is 0.161 e. The number of para-hydroxylation sites is 2. The van der Waals surface area contributed by atoms with Gasteiger partial charge in [0.25, 0.3) is 0 Å². The molecule has 5 heteroatoms. The van der Waals surface area contributed by atoms with Crippen molar-refractivity contribution in [2.75, 3.05) is 19.7 Å². The van der Waals surface area contributed by atoms with E-state index in [9.17, 15) is 10.1 Å². The second-order valence-electron chi connectivity index (χ2n) is 6.37. The van der Waals surface area contributed by atoms with Gasteiger partial charge in [-0.1, -0.05) is 30.3 Å². The van der Waals surface area contributed by atoms with Crippen LogP contribution in [0.1, 0.15) is 29.3 Å². The van der Waals surface area contributed by atoms with E-state index in [4.69, 9.17) is 4.74 Å². The quantitative estimate of drug-likeness (QED) is 0.465. The van der Waals surface area contributed by atoms with Gasteiger partial charge in [-0.25, -0.2) is 0 Å². The largest absolute Gasteiger partial charge is 0.492 e. The topological polar surface area (TPSA) is 67.1 Å². The van der Waals surface area contributed by atoms with E-state index < -0.39 is 0 Å². The second-order valence-corrected chi connectivity index (χ2v) is 6.37. The maximum absolute atomic E-state index is 11.9. The lowest BCUT2D eigenvalue weighted by atomic mass is 10.1. The molecule has 3 rings (SSSR count). The lowest BCUT2D eigenvalue weighted by Crippen LogP contribution is -2.23. The van der Waals surface area contributed by atoms with Crippen LogP contribution in [0.25, 0.3) is 10.9 Å². The number of rotatable bonds is 9. The van der Waals surface area contributed by atoms with Crippen molar-refractivity contribution in [2.24, 2.45) is 0 Å². The van der Waals surface area contributed by atoms with Gasteiger partial charge in [-0.2, -0.15) is 5.26 Å². The van der Waals surface area contributed by atoms with Gasteiger partial charge in [-0.15, -0.1) is 0 Å². The zero-order chi connectivity index (χ0) is 19.1. The Morgan fingerprint density at radius 3 is 2.70 bits per heavy atom. The highest BCUT2D eigenvalue weighted by Gasteiger charge is 2.14. The summed E-state index contributed by atoms with van der Waals surface area (Å²) in [5.74, 6) is 0.893. The van der Waals surface area contributed by atoms with Gasteiger partial charge < -0.3 is 14.6 Å². The molecule has 138 valence electrons. The van der Waals surface area contributed by atoms with Gasteiger partial charge in [0.15, 0.2) is 5.78 Å². The summed E-state index contributed by atoms with van der Waals surface area (Å²) in [5.41, 5.74) is 2.12. The van der Waals surface area contributed by atoms with E-state index in [0.717, 1.165) is 42.7 Å². The molecular weight excluding hydrogens is 338 g/mol. The van der Waals surface area contributed by atoms with Crippen molar-refractivity contribution < 1.29 is 9.53 Å². The first-order valence-electron chi connectivity index (χ1n) is 9.12. The van der Waals surface area contributed by atoms with Crippen LogP contribution in [0, 0.1) is 11.3 Å². The molecule has 0 bridgehead atoms. The van der Waals surface area contributed by atoms with Crippen LogP contribution in [0.5, 0.6) is 5.75 Å². The van der Waals surface area contributed by atoms with Gasteiger partial charge in [0, 0.05) is 30.2 Å². The molecule has 0 spiro atoms. The molecule has 0 aliphatic heterocycles. The van der Waals surface area contributed by atoms with E-state index in [0.29, 0.717) is 17.7 Å². The van der Waals surface area contributed by atoms with Gasteiger partial charge in [0.05, 0.1) is 11.1 Å². The van der Waals surface area contributed by atoms with Crippen molar-refractivity contribution in [2.45, 2.75) is 19.9 Å². The summed E-state index contributed by atoms with van der Waals surface area (Å²) in [6.45, 7) is 4.52. The first kappa shape index (κ1) is 18.7. The zero-order valence-corrected chi connectivity index (χ0v) is 15.4. The molecule has 0 aliphatic carbocycles. The van der Waals surface area contributed by atoms with Crippen LogP contribution < -0.4 is 10.1 Å². The molecule has 0 saturated heterocycles. The standard InChI is InChI=1S/C22H23N3O2/c1-17(26)21-16-25(22-18(15-23)7-5-10-20(21)22)13-6-11-24-12-14-27-19-8-3-2-4-9-19/h2-5,7-10,16,24H,6,11-14H2,1H3. The molecule has 1 heterocycles. The summed E-state index contributed by atoms with van der Waals surface area (Å²) in [6.07, 6.45) is 2.76. The van der Waals surface area contributed by atoms with Crippen molar-refractivity contribution in [3.05, 3.63) is 65.9 Å². The van der Waals surface area contributed by atoms with Crippen LogP contribution in [0.3, 0.4) is 0 Å². The number of hydrogen-bond acceptors (Lipinski definition) is 4. The number of Topliss-reactive ketones (excluding diaryl/α,β-unsaturated/α-hetero) is 1. The number of aromatic nitrogens is 1. The lowest BCUT2D eigenvalue weighted by molar-refractivity contribution is 0.101. The molecule has 0 aliphatic rings. The number of fused-ring (bicyclic) bond motifs is 1. The summed E-state index contributed by atoms with van der Waals surface area (Å²) >= 11 is 0. The fourth-order valence-electron chi connectivity index (χ4n) is 3.16. The molecule has 3 aromatic rings. The normalized spacial score (nSPS) is 10.7. The van der Waals surface area contributed by atoms with E-state index in [1.807, 2.05) is 53.2 Å². The average Bonchev–Trinajstić information content (AvgIpc) is 3.07. The molecule has 2 aromatic carbocycles. The molecule has 0 saturated carbocycles. The third-order valence-electron chi connectivity index (χ3n) is 4.44. The molecule has 5 nitrogen and oxygen atoms in total. The molecule has 27 heavy (non-hydrogen) atoms. The second kappa shape index (κ2) is 9.02. The average molecular weight is 361 g/mol. The number of nitrogens with zero attached hydrogens (tertiary/aromatic N) is 2. The maximum atomic E-state index is 11.9. The Kier molecular flexibility index (Phi) is 6.24.